The molecule has 2 aromatic rings. The molecule has 2 aromatic heterocycles. The Kier molecular flexibility index (Phi) is 4.14. The normalized spacial score (nSPS) is 12.7. The standard InChI is InChI=1S/C13H17BrN4/c1-4-18-13(11(14)8-17-18)12(15-3)10-5-6-16-7-9(10)2/h5-8,12,15H,4H2,1-3H3. The van der Waals surface area contributed by atoms with E-state index in [1.54, 1.807) is 0 Å². The molecule has 0 saturated carbocycles. The third-order valence-electron chi connectivity index (χ3n) is 3.07. The Balaban J connectivity index is 2.52. The molecular weight excluding hydrogens is 292 g/mol. The van der Waals surface area contributed by atoms with Crippen molar-refractivity contribution in [3.63, 3.8) is 0 Å². The minimum absolute atomic E-state index is 0.116. The van der Waals surface area contributed by atoms with Gasteiger partial charge in [-0.1, -0.05) is 0 Å². The van der Waals surface area contributed by atoms with Crippen LogP contribution in [0.25, 0.3) is 0 Å². The van der Waals surface area contributed by atoms with Gasteiger partial charge in [0, 0.05) is 18.9 Å². The average Bonchev–Trinajstić information content (AvgIpc) is 2.74. The molecule has 0 amide bonds. The molecule has 0 aliphatic heterocycles. The van der Waals surface area contributed by atoms with Gasteiger partial charge in [0.1, 0.15) is 0 Å². The number of pyridine rings is 1. The van der Waals surface area contributed by atoms with Crippen molar-refractivity contribution in [3.05, 3.63) is 46.0 Å². The van der Waals surface area contributed by atoms with Gasteiger partial charge in [-0.2, -0.15) is 5.10 Å². The molecule has 2 heterocycles. The van der Waals surface area contributed by atoms with Gasteiger partial charge in [0.2, 0.25) is 0 Å². The van der Waals surface area contributed by atoms with Gasteiger partial charge < -0.3 is 5.32 Å². The van der Waals surface area contributed by atoms with Crippen molar-refractivity contribution in [3.8, 4) is 0 Å². The third-order valence-corrected chi connectivity index (χ3v) is 3.68. The summed E-state index contributed by atoms with van der Waals surface area (Å²) in [4.78, 5) is 4.15. The number of hydrogen-bond acceptors (Lipinski definition) is 3. The molecule has 0 fully saturated rings. The predicted molar refractivity (Wildman–Crippen MR) is 75.5 cm³/mol. The highest BCUT2D eigenvalue weighted by molar-refractivity contribution is 9.10. The van der Waals surface area contributed by atoms with E-state index in [-0.39, 0.29) is 6.04 Å². The van der Waals surface area contributed by atoms with Gasteiger partial charge in [0.25, 0.3) is 0 Å². The topological polar surface area (TPSA) is 42.7 Å². The SMILES string of the molecule is CCn1ncc(Br)c1C(NC)c1ccncc1C. The largest absolute Gasteiger partial charge is 0.308 e. The average molecular weight is 309 g/mol. The Bertz CT molecular complexity index is 536. The molecule has 18 heavy (non-hydrogen) atoms. The van der Waals surface area contributed by atoms with Crippen LogP contribution in [-0.4, -0.2) is 21.8 Å². The minimum Gasteiger partial charge on any atom is -0.308 e. The Hall–Kier alpha value is -1.20. The molecule has 0 saturated heterocycles. The molecule has 1 N–H and O–H groups in total. The summed E-state index contributed by atoms with van der Waals surface area (Å²) in [5.74, 6) is 0. The van der Waals surface area contributed by atoms with Crippen LogP contribution in [0.15, 0.2) is 29.1 Å². The second kappa shape index (κ2) is 5.63. The molecule has 1 unspecified atom stereocenters. The highest BCUT2D eigenvalue weighted by atomic mass is 79.9. The predicted octanol–water partition coefficient (Wildman–Crippen LogP) is 2.68. The Morgan fingerprint density at radius 1 is 1.44 bits per heavy atom. The minimum atomic E-state index is 0.116. The summed E-state index contributed by atoms with van der Waals surface area (Å²) in [7, 11) is 1.96. The summed E-state index contributed by atoms with van der Waals surface area (Å²) in [6.07, 6.45) is 5.56. The lowest BCUT2D eigenvalue weighted by atomic mass is 10.0. The number of nitrogens with zero attached hydrogens (tertiary/aromatic N) is 3. The van der Waals surface area contributed by atoms with Crippen LogP contribution in [0.5, 0.6) is 0 Å². The molecule has 0 aliphatic rings. The smallest absolute Gasteiger partial charge is 0.0761 e. The summed E-state index contributed by atoms with van der Waals surface area (Å²) in [5, 5.41) is 7.73. The van der Waals surface area contributed by atoms with Crippen LogP contribution in [0.3, 0.4) is 0 Å². The van der Waals surface area contributed by atoms with Crippen molar-refractivity contribution < 1.29 is 0 Å². The van der Waals surface area contributed by atoms with Crippen molar-refractivity contribution in [2.24, 2.45) is 0 Å². The van der Waals surface area contributed by atoms with E-state index in [9.17, 15) is 0 Å². The van der Waals surface area contributed by atoms with Gasteiger partial charge in [-0.15, -0.1) is 0 Å². The second-order valence-electron chi connectivity index (χ2n) is 4.15. The zero-order valence-corrected chi connectivity index (χ0v) is 12.4. The number of halogens is 1. The van der Waals surface area contributed by atoms with Crippen LogP contribution < -0.4 is 5.32 Å². The van der Waals surface area contributed by atoms with Crippen LogP contribution >= 0.6 is 15.9 Å². The molecule has 1 atom stereocenters. The summed E-state index contributed by atoms with van der Waals surface area (Å²) < 4.78 is 3.03. The number of aryl methyl sites for hydroxylation is 2. The highest BCUT2D eigenvalue weighted by Crippen LogP contribution is 2.29. The fourth-order valence-corrected chi connectivity index (χ4v) is 2.68. The quantitative estimate of drug-likeness (QED) is 0.944. The number of nitrogens with one attached hydrogen (secondary N) is 1. The number of hydrogen-bond donors (Lipinski definition) is 1. The van der Waals surface area contributed by atoms with Crippen molar-refractivity contribution in [1.82, 2.24) is 20.1 Å². The highest BCUT2D eigenvalue weighted by Gasteiger charge is 2.21. The molecule has 96 valence electrons. The maximum atomic E-state index is 4.37. The maximum Gasteiger partial charge on any atom is 0.0761 e. The van der Waals surface area contributed by atoms with Crippen LogP contribution in [0.1, 0.15) is 29.8 Å². The molecule has 0 radical (unpaired) electrons. The van der Waals surface area contributed by atoms with Gasteiger partial charge >= 0.3 is 0 Å². The van der Waals surface area contributed by atoms with Crippen LogP contribution in [0, 0.1) is 6.92 Å². The first-order chi connectivity index (χ1) is 8.69. The molecule has 2 rings (SSSR count). The first-order valence-electron chi connectivity index (χ1n) is 5.98. The van der Waals surface area contributed by atoms with Gasteiger partial charge in [0.05, 0.1) is 22.4 Å². The summed E-state index contributed by atoms with van der Waals surface area (Å²) in [6.45, 7) is 5.02. The van der Waals surface area contributed by atoms with Crippen molar-refractivity contribution in [2.45, 2.75) is 26.4 Å². The van der Waals surface area contributed by atoms with Crippen molar-refractivity contribution in [1.29, 1.82) is 0 Å². The van der Waals surface area contributed by atoms with Crippen LogP contribution in [0.4, 0.5) is 0 Å². The maximum absolute atomic E-state index is 4.37. The summed E-state index contributed by atoms with van der Waals surface area (Å²) in [5.41, 5.74) is 3.55. The first-order valence-corrected chi connectivity index (χ1v) is 6.77. The van der Waals surface area contributed by atoms with E-state index in [0.717, 1.165) is 16.7 Å². The van der Waals surface area contributed by atoms with Gasteiger partial charge in [-0.25, -0.2) is 0 Å². The fraction of sp³-hybridized carbons (Fsp3) is 0.385. The molecular formula is C13H17BrN4. The second-order valence-corrected chi connectivity index (χ2v) is 5.00. The zero-order chi connectivity index (χ0) is 13.1. The molecule has 0 spiro atoms. The van der Waals surface area contributed by atoms with E-state index in [2.05, 4.69) is 51.2 Å². The van der Waals surface area contributed by atoms with E-state index in [4.69, 9.17) is 0 Å². The fourth-order valence-electron chi connectivity index (χ4n) is 2.16. The van der Waals surface area contributed by atoms with Gasteiger partial charge in [0.15, 0.2) is 0 Å². The lowest BCUT2D eigenvalue weighted by Crippen LogP contribution is -2.22. The Morgan fingerprint density at radius 2 is 2.22 bits per heavy atom. The lowest BCUT2D eigenvalue weighted by Gasteiger charge is -2.20. The molecule has 0 aliphatic carbocycles. The van der Waals surface area contributed by atoms with Crippen molar-refractivity contribution in [2.75, 3.05) is 7.05 Å². The van der Waals surface area contributed by atoms with E-state index < -0.39 is 0 Å². The van der Waals surface area contributed by atoms with E-state index in [1.165, 1.54) is 11.1 Å². The van der Waals surface area contributed by atoms with Crippen molar-refractivity contribution >= 4 is 15.9 Å². The Morgan fingerprint density at radius 3 is 2.83 bits per heavy atom. The zero-order valence-electron chi connectivity index (χ0n) is 10.8. The lowest BCUT2D eigenvalue weighted by molar-refractivity contribution is 0.560. The molecule has 5 heteroatoms. The number of aromatic nitrogens is 3. The van der Waals surface area contributed by atoms with E-state index in [1.807, 2.05) is 30.3 Å². The summed E-state index contributed by atoms with van der Waals surface area (Å²) >= 11 is 3.58. The van der Waals surface area contributed by atoms with Gasteiger partial charge in [-0.05, 0) is 54.0 Å². The van der Waals surface area contributed by atoms with Crippen LogP contribution in [-0.2, 0) is 6.54 Å². The van der Waals surface area contributed by atoms with Gasteiger partial charge in [-0.3, -0.25) is 9.67 Å². The molecule has 4 nitrogen and oxygen atoms in total. The Labute approximate surface area is 116 Å². The number of rotatable bonds is 4. The molecule has 0 bridgehead atoms. The van der Waals surface area contributed by atoms with E-state index >= 15 is 0 Å². The van der Waals surface area contributed by atoms with E-state index in [0.29, 0.717) is 0 Å². The van der Waals surface area contributed by atoms with Crippen LogP contribution in [0.2, 0.25) is 0 Å². The summed E-state index contributed by atoms with van der Waals surface area (Å²) in [6, 6.07) is 2.17. The first kappa shape index (κ1) is 13.2. The third kappa shape index (κ3) is 2.33. The molecule has 0 aromatic carbocycles. The monoisotopic (exact) mass is 308 g/mol.